The van der Waals surface area contributed by atoms with Crippen molar-refractivity contribution in [3.05, 3.63) is 34.9 Å². The Morgan fingerprint density at radius 2 is 1.94 bits per heavy atom. The van der Waals surface area contributed by atoms with Gasteiger partial charge in [-0.15, -0.1) is 0 Å². The van der Waals surface area contributed by atoms with Crippen LogP contribution in [0.2, 0.25) is 5.02 Å². The minimum absolute atomic E-state index is 0.250. The number of aliphatic hydroxyl groups is 1. The summed E-state index contributed by atoms with van der Waals surface area (Å²) in [6, 6.07) is 7.83. The van der Waals surface area contributed by atoms with Gasteiger partial charge in [-0.2, -0.15) is 0 Å². The van der Waals surface area contributed by atoms with E-state index in [2.05, 4.69) is 13.8 Å². The molecular weight excluding hydrogens is 244 g/mol. The topological polar surface area (TPSA) is 20.2 Å². The van der Waals surface area contributed by atoms with Crippen LogP contribution in [0.1, 0.15) is 38.7 Å². The second-order valence-electron chi connectivity index (χ2n) is 5.89. The van der Waals surface area contributed by atoms with E-state index in [-0.39, 0.29) is 6.10 Å². The van der Waals surface area contributed by atoms with Crippen LogP contribution in [0.4, 0.5) is 0 Å². The van der Waals surface area contributed by atoms with Crippen molar-refractivity contribution in [2.24, 2.45) is 17.8 Å². The van der Waals surface area contributed by atoms with Crippen LogP contribution in [-0.4, -0.2) is 11.2 Å². The first-order valence-corrected chi connectivity index (χ1v) is 7.37. The Morgan fingerprint density at radius 3 is 2.61 bits per heavy atom. The fourth-order valence-electron chi connectivity index (χ4n) is 2.99. The molecule has 0 heterocycles. The Balaban J connectivity index is 1.96. The molecule has 1 nitrogen and oxygen atoms in total. The fraction of sp³-hybridized carbons (Fsp3) is 0.625. The van der Waals surface area contributed by atoms with Crippen LogP contribution in [0.25, 0.3) is 0 Å². The molecule has 0 amide bonds. The van der Waals surface area contributed by atoms with Gasteiger partial charge in [0, 0.05) is 11.4 Å². The average Bonchev–Trinajstić information content (AvgIpc) is 2.35. The first kappa shape index (κ1) is 13.9. The number of aliphatic hydroxyl groups excluding tert-OH is 1. The van der Waals surface area contributed by atoms with Crippen molar-refractivity contribution in [2.75, 3.05) is 0 Å². The number of hydrogen-bond donors (Lipinski definition) is 1. The largest absolute Gasteiger partial charge is 0.392 e. The summed E-state index contributed by atoms with van der Waals surface area (Å²) in [5, 5.41) is 11.2. The zero-order valence-corrected chi connectivity index (χ0v) is 12.0. The van der Waals surface area contributed by atoms with Crippen molar-refractivity contribution < 1.29 is 5.11 Å². The first-order valence-electron chi connectivity index (χ1n) is 6.99. The van der Waals surface area contributed by atoms with Gasteiger partial charge >= 0.3 is 0 Å². The molecule has 4 unspecified atom stereocenters. The number of halogens is 1. The third-order valence-corrected chi connectivity index (χ3v) is 4.94. The molecule has 18 heavy (non-hydrogen) atoms. The van der Waals surface area contributed by atoms with Crippen LogP contribution >= 0.6 is 11.6 Å². The molecular formula is C16H23ClO. The average molecular weight is 267 g/mol. The quantitative estimate of drug-likeness (QED) is 0.864. The highest BCUT2D eigenvalue weighted by Gasteiger charge is 2.29. The normalized spacial score (nSPS) is 30.1. The number of hydrogen-bond acceptors (Lipinski definition) is 1. The highest BCUT2D eigenvalue weighted by Crippen LogP contribution is 2.36. The standard InChI is InChI=1S/C16H23ClO/c1-11-7-8-14(9-12(11)2)16(18)10-13-5-3-4-6-15(13)17/h3-6,11-12,14,16,18H,7-10H2,1-2H3. The summed E-state index contributed by atoms with van der Waals surface area (Å²) in [6.07, 6.45) is 3.97. The lowest BCUT2D eigenvalue weighted by atomic mass is 9.73. The third kappa shape index (κ3) is 3.27. The highest BCUT2D eigenvalue weighted by molar-refractivity contribution is 6.31. The molecule has 1 fully saturated rings. The van der Waals surface area contributed by atoms with Gasteiger partial charge in [0.1, 0.15) is 0 Å². The van der Waals surface area contributed by atoms with Crippen molar-refractivity contribution in [2.45, 2.75) is 45.6 Å². The molecule has 1 N–H and O–H groups in total. The molecule has 2 heteroatoms. The Kier molecular flexibility index (Phi) is 4.69. The minimum Gasteiger partial charge on any atom is -0.392 e. The van der Waals surface area contributed by atoms with Crippen molar-refractivity contribution in [1.82, 2.24) is 0 Å². The van der Waals surface area contributed by atoms with Crippen LogP contribution in [0, 0.1) is 17.8 Å². The summed E-state index contributed by atoms with van der Waals surface area (Å²) < 4.78 is 0. The molecule has 0 bridgehead atoms. The second-order valence-corrected chi connectivity index (χ2v) is 6.30. The van der Waals surface area contributed by atoms with E-state index in [0.717, 1.165) is 35.3 Å². The Hall–Kier alpha value is -0.530. The zero-order chi connectivity index (χ0) is 13.1. The molecule has 0 radical (unpaired) electrons. The van der Waals surface area contributed by atoms with Gasteiger partial charge in [-0.1, -0.05) is 50.1 Å². The fourth-order valence-corrected chi connectivity index (χ4v) is 3.21. The molecule has 1 aromatic rings. The second kappa shape index (κ2) is 6.08. The van der Waals surface area contributed by atoms with Crippen LogP contribution in [0.15, 0.2) is 24.3 Å². The summed E-state index contributed by atoms with van der Waals surface area (Å²) in [6.45, 7) is 4.63. The Morgan fingerprint density at radius 1 is 1.22 bits per heavy atom. The molecule has 0 spiro atoms. The molecule has 100 valence electrons. The molecule has 2 rings (SSSR count). The maximum absolute atomic E-state index is 10.4. The molecule has 0 saturated heterocycles. The van der Waals surface area contributed by atoms with Gasteiger partial charge in [0.25, 0.3) is 0 Å². The molecule has 4 atom stereocenters. The maximum atomic E-state index is 10.4. The molecule has 1 aromatic carbocycles. The van der Waals surface area contributed by atoms with Crippen molar-refractivity contribution in [3.63, 3.8) is 0 Å². The summed E-state index contributed by atoms with van der Waals surface area (Å²) in [7, 11) is 0. The van der Waals surface area contributed by atoms with Crippen molar-refractivity contribution >= 4 is 11.6 Å². The van der Waals surface area contributed by atoms with Crippen LogP contribution in [-0.2, 0) is 6.42 Å². The van der Waals surface area contributed by atoms with E-state index < -0.39 is 0 Å². The van der Waals surface area contributed by atoms with E-state index in [4.69, 9.17) is 11.6 Å². The number of benzene rings is 1. The van der Waals surface area contributed by atoms with Crippen LogP contribution < -0.4 is 0 Å². The lowest BCUT2D eigenvalue weighted by Crippen LogP contribution is -2.30. The van der Waals surface area contributed by atoms with Crippen molar-refractivity contribution in [3.8, 4) is 0 Å². The first-order chi connectivity index (χ1) is 8.58. The molecule has 0 aromatic heterocycles. The smallest absolute Gasteiger partial charge is 0.0609 e. The van der Waals surface area contributed by atoms with Gasteiger partial charge in [-0.3, -0.25) is 0 Å². The van der Waals surface area contributed by atoms with E-state index in [1.807, 2.05) is 24.3 Å². The minimum atomic E-state index is -0.250. The summed E-state index contributed by atoms with van der Waals surface area (Å²) >= 11 is 6.15. The van der Waals surface area contributed by atoms with Gasteiger partial charge in [-0.05, 0) is 42.2 Å². The molecule has 1 aliphatic rings. The lowest BCUT2D eigenvalue weighted by Gasteiger charge is -2.34. The van der Waals surface area contributed by atoms with E-state index in [1.165, 1.54) is 6.42 Å². The van der Waals surface area contributed by atoms with Crippen LogP contribution in [0.5, 0.6) is 0 Å². The summed E-state index contributed by atoms with van der Waals surface area (Å²) in [5.74, 6) is 1.96. The van der Waals surface area contributed by atoms with Crippen LogP contribution in [0.3, 0.4) is 0 Å². The van der Waals surface area contributed by atoms with Gasteiger partial charge in [-0.25, -0.2) is 0 Å². The summed E-state index contributed by atoms with van der Waals surface area (Å²) in [5.41, 5.74) is 1.07. The SMILES string of the molecule is CC1CCC(C(O)Cc2ccccc2Cl)CC1C. The van der Waals surface area contributed by atoms with Gasteiger partial charge < -0.3 is 5.11 Å². The highest BCUT2D eigenvalue weighted by atomic mass is 35.5. The zero-order valence-electron chi connectivity index (χ0n) is 11.3. The maximum Gasteiger partial charge on any atom is 0.0609 e. The monoisotopic (exact) mass is 266 g/mol. The predicted octanol–water partition coefficient (Wildman–Crippen LogP) is 4.32. The predicted molar refractivity (Wildman–Crippen MR) is 76.8 cm³/mol. The van der Waals surface area contributed by atoms with Gasteiger partial charge in [0.2, 0.25) is 0 Å². The van der Waals surface area contributed by atoms with Crippen molar-refractivity contribution in [1.29, 1.82) is 0 Å². The number of rotatable bonds is 3. The van der Waals surface area contributed by atoms with Gasteiger partial charge in [0.15, 0.2) is 0 Å². The molecule has 1 aliphatic carbocycles. The Bertz CT molecular complexity index is 390. The third-order valence-electron chi connectivity index (χ3n) is 4.57. The lowest BCUT2D eigenvalue weighted by molar-refractivity contribution is 0.0570. The Labute approximate surface area is 115 Å². The van der Waals surface area contributed by atoms with E-state index in [1.54, 1.807) is 0 Å². The van der Waals surface area contributed by atoms with E-state index in [9.17, 15) is 5.11 Å². The van der Waals surface area contributed by atoms with E-state index in [0.29, 0.717) is 12.3 Å². The van der Waals surface area contributed by atoms with Gasteiger partial charge in [0.05, 0.1) is 6.10 Å². The molecule has 1 saturated carbocycles. The van der Waals surface area contributed by atoms with E-state index >= 15 is 0 Å². The molecule has 0 aliphatic heterocycles. The summed E-state index contributed by atoms with van der Waals surface area (Å²) in [4.78, 5) is 0.